The predicted molar refractivity (Wildman–Crippen MR) is 89.0 cm³/mol. The van der Waals surface area contributed by atoms with Crippen LogP contribution >= 0.6 is 0 Å². The molecule has 0 aliphatic carbocycles. The van der Waals surface area contributed by atoms with Crippen molar-refractivity contribution < 1.29 is 4.79 Å². The fourth-order valence-electron chi connectivity index (χ4n) is 1.97. The Bertz CT molecular complexity index is 689. The zero-order valence-corrected chi connectivity index (χ0v) is 12.2. The summed E-state index contributed by atoms with van der Waals surface area (Å²) in [6.45, 7) is 7.77. The first-order valence-electron chi connectivity index (χ1n) is 6.67. The van der Waals surface area contributed by atoms with E-state index in [0.29, 0.717) is 17.1 Å². The molecule has 0 bridgehead atoms. The topological polar surface area (TPSA) is 70.9 Å². The first-order chi connectivity index (χ1) is 9.99. The van der Waals surface area contributed by atoms with E-state index in [9.17, 15) is 4.79 Å². The van der Waals surface area contributed by atoms with Crippen LogP contribution in [0.1, 0.15) is 35.6 Å². The first-order valence-corrected chi connectivity index (χ1v) is 6.67. The average molecular weight is 281 g/mol. The summed E-state index contributed by atoms with van der Waals surface area (Å²) in [5.41, 5.74) is 10.4. The van der Waals surface area contributed by atoms with E-state index in [0.717, 1.165) is 16.8 Å². The summed E-state index contributed by atoms with van der Waals surface area (Å²) in [6.07, 6.45) is 3.71. The number of allylic oxidation sites excluding steroid dienone is 1. The number of benzene rings is 1. The van der Waals surface area contributed by atoms with Crippen LogP contribution in [0.4, 0.5) is 11.4 Å². The lowest BCUT2D eigenvalue weighted by Gasteiger charge is -2.03. The summed E-state index contributed by atoms with van der Waals surface area (Å²) in [4.78, 5) is 15.3. The van der Waals surface area contributed by atoms with Gasteiger partial charge in [-0.3, -0.25) is 4.79 Å². The van der Waals surface area contributed by atoms with Gasteiger partial charge < -0.3 is 16.0 Å². The molecular formula is C17H19N3O. The van der Waals surface area contributed by atoms with Crippen molar-refractivity contribution in [2.45, 2.75) is 13.8 Å². The number of carbonyl (C=O) groups excluding carboxylic acids is 1. The second-order valence-electron chi connectivity index (χ2n) is 5.05. The summed E-state index contributed by atoms with van der Waals surface area (Å²) in [5.74, 6) is -0.198. The zero-order valence-electron chi connectivity index (χ0n) is 12.2. The van der Waals surface area contributed by atoms with Gasteiger partial charge in [0.05, 0.1) is 0 Å². The third-order valence-corrected chi connectivity index (χ3v) is 2.94. The smallest absolute Gasteiger partial charge is 0.272 e. The van der Waals surface area contributed by atoms with E-state index < -0.39 is 0 Å². The first kappa shape index (κ1) is 14.7. The molecule has 0 saturated carbocycles. The lowest BCUT2D eigenvalue weighted by molar-refractivity contribution is 0.102. The quantitative estimate of drug-likeness (QED) is 0.743. The number of H-pyrrole nitrogens is 1. The summed E-state index contributed by atoms with van der Waals surface area (Å²) in [7, 11) is 0. The number of amides is 1. The molecule has 1 heterocycles. The van der Waals surface area contributed by atoms with Crippen LogP contribution in [0, 0.1) is 0 Å². The second-order valence-corrected chi connectivity index (χ2v) is 5.05. The van der Waals surface area contributed by atoms with Gasteiger partial charge in [0.15, 0.2) is 0 Å². The van der Waals surface area contributed by atoms with Crippen LogP contribution in [-0.2, 0) is 0 Å². The Morgan fingerprint density at radius 1 is 1.29 bits per heavy atom. The van der Waals surface area contributed by atoms with Crippen LogP contribution in [0.3, 0.4) is 0 Å². The minimum absolute atomic E-state index is 0.198. The molecule has 2 aromatic rings. The Labute approximate surface area is 124 Å². The van der Waals surface area contributed by atoms with Gasteiger partial charge in [-0.05, 0) is 50.3 Å². The molecule has 0 saturated heterocycles. The van der Waals surface area contributed by atoms with E-state index in [2.05, 4.69) is 16.9 Å². The van der Waals surface area contributed by atoms with Crippen LogP contribution in [-0.4, -0.2) is 10.9 Å². The standard InChI is InChI=1S/C17H19N3O/c1-4-15-12(9-11(2)3)10-16(20-15)17(21)19-14-7-5-13(18)6-8-14/h4-10,20H,1,18H2,2-3H3,(H,19,21). The number of nitrogen functional groups attached to an aromatic ring is 1. The Balaban J connectivity index is 2.23. The number of nitrogens with one attached hydrogen (secondary N) is 2. The van der Waals surface area contributed by atoms with Crippen LogP contribution in [0.2, 0.25) is 0 Å². The molecule has 108 valence electrons. The van der Waals surface area contributed by atoms with E-state index in [-0.39, 0.29) is 5.91 Å². The molecular weight excluding hydrogens is 262 g/mol. The highest BCUT2D eigenvalue weighted by molar-refractivity contribution is 6.03. The number of anilines is 2. The molecule has 0 unspecified atom stereocenters. The average Bonchev–Trinajstić information content (AvgIpc) is 2.83. The summed E-state index contributed by atoms with van der Waals surface area (Å²) in [5, 5.41) is 2.82. The highest BCUT2D eigenvalue weighted by Crippen LogP contribution is 2.18. The maximum Gasteiger partial charge on any atom is 0.272 e. The molecule has 1 aromatic carbocycles. The van der Waals surface area contributed by atoms with Crippen LogP contribution in [0.5, 0.6) is 0 Å². The van der Waals surface area contributed by atoms with Crippen LogP contribution < -0.4 is 11.1 Å². The molecule has 4 N–H and O–H groups in total. The molecule has 0 aliphatic heterocycles. The SMILES string of the molecule is C=Cc1[nH]c(C(=O)Nc2ccc(N)cc2)cc1C=C(C)C. The lowest BCUT2D eigenvalue weighted by Crippen LogP contribution is -2.12. The Morgan fingerprint density at radius 3 is 2.52 bits per heavy atom. The van der Waals surface area contributed by atoms with E-state index in [4.69, 9.17) is 5.73 Å². The van der Waals surface area contributed by atoms with Gasteiger partial charge in [-0.15, -0.1) is 0 Å². The molecule has 1 aromatic heterocycles. The normalized spacial score (nSPS) is 10.0. The molecule has 1 amide bonds. The van der Waals surface area contributed by atoms with Crippen molar-refractivity contribution in [1.29, 1.82) is 0 Å². The van der Waals surface area contributed by atoms with Gasteiger partial charge in [0.2, 0.25) is 0 Å². The van der Waals surface area contributed by atoms with Crippen molar-refractivity contribution in [3.8, 4) is 0 Å². The molecule has 0 fully saturated rings. The fourth-order valence-corrected chi connectivity index (χ4v) is 1.97. The largest absolute Gasteiger partial charge is 0.399 e. The molecule has 2 rings (SSSR count). The van der Waals surface area contributed by atoms with Crippen molar-refractivity contribution in [2.24, 2.45) is 0 Å². The van der Waals surface area contributed by atoms with Gasteiger partial charge in [-0.25, -0.2) is 0 Å². The van der Waals surface area contributed by atoms with Crippen LogP contribution in [0.15, 0.2) is 42.5 Å². The number of carbonyl (C=O) groups is 1. The second kappa shape index (κ2) is 6.13. The highest BCUT2D eigenvalue weighted by Gasteiger charge is 2.11. The third kappa shape index (κ3) is 3.63. The van der Waals surface area contributed by atoms with Crippen molar-refractivity contribution in [3.63, 3.8) is 0 Å². The van der Waals surface area contributed by atoms with E-state index in [1.54, 1.807) is 30.3 Å². The van der Waals surface area contributed by atoms with Gasteiger partial charge in [-0.1, -0.05) is 18.2 Å². The Kier molecular flexibility index (Phi) is 4.28. The van der Waals surface area contributed by atoms with Gasteiger partial charge in [-0.2, -0.15) is 0 Å². The Hall–Kier alpha value is -2.75. The molecule has 0 spiro atoms. The highest BCUT2D eigenvalue weighted by atomic mass is 16.1. The van der Waals surface area contributed by atoms with Gasteiger partial charge >= 0.3 is 0 Å². The number of aromatic nitrogens is 1. The van der Waals surface area contributed by atoms with Gasteiger partial charge in [0, 0.05) is 22.6 Å². The van der Waals surface area contributed by atoms with Gasteiger partial charge in [0.25, 0.3) is 5.91 Å². The molecule has 4 heteroatoms. The lowest BCUT2D eigenvalue weighted by atomic mass is 10.1. The van der Waals surface area contributed by atoms with Crippen molar-refractivity contribution in [3.05, 3.63) is 59.4 Å². The van der Waals surface area contributed by atoms with Gasteiger partial charge in [0.1, 0.15) is 5.69 Å². The fraction of sp³-hybridized carbons (Fsp3) is 0.118. The predicted octanol–water partition coefficient (Wildman–Crippen LogP) is 3.92. The van der Waals surface area contributed by atoms with Crippen molar-refractivity contribution >= 4 is 29.4 Å². The maximum atomic E-state index is 12.2. The number of nitrogens with two attached hydrogens (primary N) is 1. The number of hydrogen-bond acceptors (Lipinski definition) is 2. The third-order valence-electron chi connectivity index (χ3n) is 2.94. The summed E-state index contributed by atoms with van der Waals surface area (Å²) in [6, 6.07) is 8.84. The monoisotopic (exact) mass is 281 g/mol. The molecule has 0 radical (unpaired) electrons. The summed E-state index contributed by atoms with van der Waals surface area (Å²) >= 11 is 0. The van der Waals surface area contributed by atoms with E-state index in [1.165, 1.54) is 0 Å². The molecule has 21 heavy (non-hydrogen) atoms. The van der Waals surface area contributed by atoms with E-state index >= 15 is 0 Å². The number of aromatic amines is 1. The van der Waals surface area contributed by atoms with Crippen molar-refractivity contribution in [1.82, 2.24) is 4.98 Å². The van der Waals surface area contributed by atoms with Crippen LogP contribution in [0.25, 0.3) is 12.2 Å². The molecule has 0 aliphatic rings. The minimum atomic E-state index is -0.198. The van der Waals surface area contributed by atoms with Crippen molar-refractivity contribution in [2.75, 3.05) is 11.1 Å². The minimum Gasteiger partial charge on any atom is -0.399 e. The molecule has 4 nitrogen and oxygen atoms in total. The maximum absolute atomic E-state index is 12.2. The molecule has 0 atom stereocenters. The summed E-state index contributed by atoms with van der Waals surface area (Å²) < 4.78 is 0. The van der Waals surface area contributed by atoms with E-state index in [1.807, 2.05) is 26.0 Å². The number of hydrogen-bond donors (Lipinski definition) is 3. The number of rotatable bonds is 4. The zero-order chi connectivity index (χ0) is 15.4. The Morgan fingerprint density at radius 2 is 1.95 bits per heavy atom.